The molecule has 0 aliphatic carbocycles. The summed E-state index contributed by atoms with van der Waals surface area (Å²) in [6.07, 6.45) is 2.57. The van der Waals surface area contributed by atoms with Crippen molar-refractivity contribution >= 4 is 15.7 Å². The van der Waals surface area contributed by atoms with E-state index in [1.54, 1.807) is 6.07 Å². The summed E-state index contributed by atoms with van der Waals surface area (Å²) in [5, 5.41) is -0.119. The zero-order valence-electron chi connectivity index (χ0n) is 9.14. The van der Waals surface area contributed by atoms with E-state index in [0.717, 1.165) is 19.3 Å². The summed E-state index contributed by atoms with van der Waals surface area (Å²) in [5.41, 5.74) is 0. The van der Waals surface area contributed by atoms with Gasteiger partial charge in [-0.15, -0.1) is 0 Å². The fourth-order valence-electron chi connectivity index (χ4n) is 1.23. The van der Waals surface area contributed by atoms with Gasteiger partial charge in [0.25, 0.3) is 0 Å². The minimum absolute atomic E-state index is 0.119. The Morgan fingerprint density at radius 3 is 2.40 bits per heavy atom. The number of rotatable bonds is 4. The van der Waals surface area contributed by atoms with Crippen LogP contribution in [-0.2, 0) is 9.84 Å². The van der Waals surface area contributed by atoms with Gasteiger partial charge in [-0.1, -0.05) is 0 Å². The molecule has 0 atom stereocenters. The van der Waals surface area contributed by atoms with Gasteiger partial charge >= 0.3 is 0 Å². The number of hydrogen-bond acceptors (Lipinski definition) is 5. The van der Waals surface area contributed by atoms with E-state index in [0.29, 0.717) is 5.82 Å². The quantitative estimate of drug-likeness (QED) is 0.712. The Balaban J connectivity index is 3.13. The summed E-state index contributed by atoms with van der Waals surface area (Å²) in [6, 6.07) is 1.71. The van der Waals surface area contributed by atoms with E-state index in [4.69, 9.17) is 0 Å². The van der Waals surface area contributed by atoms with Crippen molar-refractivity contribution in [1.82, 2.24) is 9.97 Å². The second-order valence-corrected chi connectivity index (χ2v) is 5.05. The Hall–Kier alpha value is -1.17. The van der Waals surface area contributed by atoms with Crippen molar-refractivity contribution in [1.29, 1.82) is 0 Å². The second-order valence-electron chi connectivity index (χ2n) is 3.14. The van der Waals surface area contributed by atoms with Gasteiger partial charge in [0.15, 0.2) is 0 Å². The zero-order valence-corrected chi connectivity index (χ0v) is 9.95. The Morgan fingerprint density at radius 1 is 1.33 bits per heavy atom. The van der Waals surface area contributed by atoms with E-state index in [2.05, 4.69) is 9.97 Å². The van der Waals surface area contributed by atoms with Crippen molar-refractivity contribution in [3.8, 4) is 0 Å². The highest BCUT2D eigenvalue weighted by Gasteiger charge is 2.12. The summed E-state index contributed by atoms with van der Waals surface area (Å²) < 4.78 is 22.5. The van der Waals surface area contributed by atoms with Crippen molar-refractivity contribution in [3.63, 3.8) is 0 Å². The molecular weight excluding hydrogens is 214 g/mol. The first kappa shape index (κ1) is 11.9. The molecule has 1 aromatic rings. The number of sulfone groups is 1. The lowest BCUT2D eigenvalue weighted by atomic mass is 10.4. The van der Waals surface area contributed by atoms with Gasteiger partial charge < -0.3 is 4.90 Å². The van der Waals surface area contributed by atoms with Gasteiger partial charge in [-0.25, -0.2) is 18.4 Å². The van der Waals surface area contributed by atoms with Gasteiger partial charge in [0.1, 0.15) is 5.82 Å². The lowest BCUT2D eigenvalue weighted by Gasteiger charge is -2.19. The molecule has 0 N–H and O–H groups in total. The van der Waals surface area contributed by atoms with Crippen LogP contribution in [-0.4, -0.2) is 37.7 Å². The van der Waals surface area contributed by atoms with Gasteiger partial charge in [-0.05, 0) is 19.9 Å². The van der Waals surface area contributed by atoms with Gasteiger partial charge in [0.05, 0.1) is 0 Å². The maximum absolute atomic E-state index is 11.2. The Labute approximate surface area is 90.1 Å². The standard InChI is InChI=1S/C9H15N3O2S/c1-4-12(5-2)8-6-7-10-9(11-8)15(3,13)14/h6-7H,4-5H2,1-3H3. The summed E-state index contributed by atoms with van der Waals surface area (Å²) >= 11 is 0. The minimum atomic E-state index is -3.32. The molecule has 1 heterocycles. The predicted octanol–water partition coefficient (Wildman–Crippen LogP) is 0.726. The molecular formula is C9H15N3O2S. The number of aromatic nitrogens is 2. The molecule has 0 aliphatic rings. The molecule has 0 radical (unpaired) electrons. The SMILES string of the molecule is CCN(CC)c1ccnc(S(C)(=O)=O)n1. The molecule has 84 valence electrons. The topological polar surface area (TPSA) is 63.2 Å². The molecule has 5 nitrogen and oxygen atoms in total. The molecule has 15 heavy (non-hydrogen) atoms. The van der Waals surface area contributed by atoms with Crippen LogP contribution >= 0.6 is 0 Å². The van der Waals surface area contributed by atoms with Gasteiger partial charge in [0, 0.05) is 25.5 Å². The molecule has 1 rings (SSSR count). The number of anilines is 1. The largest absolute Gasteiger partial charge is 0.357 e. The molecule has 0 saturated heterocycles. The third-order valence-electron chi connectivity index (χ3n) is 2.04. The highest BCUT2D eigenvalue weighted by Crippen LogP contribution is 2.11. The number of nitrogens with zero attached hydrogens (tertiary/aromatic N) is 3. The average Bonchev–Trinajstić information content (AvgIpc) is 2.19. The molecule has 0 amide bonds. The second kappa shape index (κ2) is 4.57. The van der Waals surface area contributed by atoms with Crippen LogP contribution < -0.4 is 4.90 Å². The van der Waals surface area contributed by atoms with Crippen molar-refractivity contribution in [2.45, 2.75) is 19.0 Å². The van der Waals surface area contributed by atoms with E-state index in [1.165, 1.54) is 6.20 Å². The molecule has 6 heteroatoms. The summed E-state index contributed by atoms with van der Waals surface area (Å²) in [5.74, 6) is 0.649. The summed E-state index contributed by atoms with van der Waals surface area (Å²) in [4.78, 5) is 9.72. The molecule has 0 aromatic carbocycles. The third-order valence-corrected chi connectivity index (χ3v) is 2.90. The van der Waals surface area contributed by atoms with Gasteiger partial charge in [0.2, 0.25) is 15.0 Å². The van der Waals surface area contributed by atoms with Crippen LogP contribution in [0, 0.1) is 0 Å². The molecule has 0 saturated carbocycles. The lowest BCUT2D eigenvalue weighted by molar-refractivity contribution is 0.592. The van der Waals surface area contributed by atoms with E-state index in [-0.39, 0.29) is 5.16 Å². The van der Waals surface area contributed by atoms with Gasteiger partial charge in [-0.3, -0.25) is 0 Å². The first-order chi connectivity index (χ1) is 6.99. The molecule has 1 aromatic heterocycles. The first-order valence-corrected chi connectivity index (χ1v) is 6.66. The highest BCUT2D eigenvalue weighted by molar-refractivity contribution is 7.90. The molecule has 0 bridgehead atoms. The van der Waals surface area contributed by atoms with Crippen molar-refractivity contribution < 1.29 is 8.42 Å². The molecule has 0 aliphatic heterocycles. The normalized spacial score (nSPS) is 11.4. The Kier molecular flexibility index (Phi) is 3.62. The van der Waals surface area contributed by atoms with Crippen LogP contribution in [0.3, 0.4) is 0 Å². The fraction of sp³-hybridized carbons (Fsp3) is 0.556. The smallest absolute Gasteiger partial charge is 0.248 e. The molecule has 0 spiro atoms. The average molecular weight is 229 g/mol. The van der Waals surface area contributed by atoms with Crippen LogP contribution in [0.4, 0.5) is 5.82 Å². The maximum atomic E-state index is 11.2. The summed E-state index contributed by atoms with van der Waals surface area (Å²) in [6.45, 7) is 5.56. The minimum Gasteiger partial charge on any atom is -0.357 e. The van der Waals surface area contributed by atoms with E-state index in [9.17, 15) is 8.42 Å². The van der Waals surface area contributed by atoms with Crippen LogP contribution in [0.5, 0.6) is 0 Å². The monoisotopic (exact) mass is 229 g/mol. The van der Waals surface area contributed by atoms with Crippen molar-refractivity contribution in [3.05, 3.63) is 12.3 Å². The van der Waals surface area contributed by atoms with Crippen molar-refractivity contribution in [2.75, 3.05) is 24.2 Å². The van der Waals surface area contributed by atoms with Gasteiger partial charge in [-0.2, -0.15) is 0 Å². The fourth-order valence-corrected chi connectivity index (χ4v) is 1.75. The maximum Gasteiger partial charge on any atom is 0.248 e. The highest BCUT2D eigenvalue weighted by atomic mass is 32.2. The van der Waals surface area contributed by atoms with Crippen LogP contribution in [0.2, 0.25) is 0 Å². The van der Waals surface area contributed by atoms with Crippen LogP contribution in [0.25, 0.3) is 0 Å². The number of hydrogen-bond donors (Lipinski definition) is 0. The molecule has 0 fully saturated rings. The predicted molar refractivity (Wildman–Crippen MR) is 58.7 cm³/mol. The van der Waals surface area contributed by atoms with Crippen molar-refractivity contribution in [2.24, 2.45) is 0 Å². The Morgan fingerprint density at radius 2 is 1.93 bits per heavy atom. The Bertz CT molecular complexity index is 427. The van der Waals surface area contributed by atoms with E-state index >= 15 is 0 Å². The van der Waals surface area contributed by atoms with Crippen LogP contribution in [0.1, 0.15) is 13.8 Å². The van der Waals surface area contributed by atoms with E-state index in [1.807, 2.05) is 18.7 Å². The van der Waals surface area contributed by atoms with E-state index < -0.39 is 9.84 Å². The molecule has 0 unspecified atom stereocenters. The summed E-state index contributed by atoms with van der Waals surface area (Å²) in [7, 11) is -3.32. The third kappa shape index (κ3) is 2.89. The zero-order chi connectivity index (χ0) is 11.5. The first-order valence-electron chi connectivity index (χ1n) is 4.77. The van der Waals surface area contributed by atoms with Crippen LogP contribution in [0.15, 0.2) is 17.4 Å². The lowest BCUT2D eigenvalue weighted by Crippen LogP contribution is -2.23.